The Balaban J connectivity index is 2.09. The summed E-state index contributed by atoms with van der Waals surface area (Å²) >= 11 is 0. The zero-order valence-electron chi connectivity index (χ0n) is 13.6. The van der Waals surface area contributed by atoms with Crippen molar-refractivity contribution in [1.29, 1.82) is 0 Å². The number of hydrogen-bond donors (Lipinski definition) is 2. The van der Waals surface area contributed by atoms with Gasteiger partial charge in [-0.05, 0) is 38.8 Å². The Hall–Kier alpha value is -2.57. The van der Waals surface area contributed by atoms with Crippen LogP contribution in [0.25, 0.3) is 0 Å². The van der Waals surface area contributed by atoms with Gasteiger partial charge in [-0.1, -0.05) is 0 Å². The van der Waals surface area contributed by atoms with Crippen molar-refractivity contribution in [2.45, 2.75) is 33.2 Å². The van der Waals surface area contributed by atoms with Crippen molar-refractivity contribution in [2.24, 2.45) is 9.98 Å². The molecule has 3 rings (SSSR count). The fourth-order valence-corrected chi connectivity index (χ4v) is 2.77. The van der Waals surface area contributed by atoms with Crippen LogP contribution < -0.4 is 5.73 Å². The van der Waals surface area contributed by atoms with Gasteiger partial charge in [0.1, 0.15) is 5.75 Å². The maximum absolute atomic E-state index is 12.6. The Kier molecular flexibility index (Phi) is 3.71. The van der Waals surface area contributed by atoms with E-state index in [1.807, 2.05) is 18.9 Å². The normalized spacial score (nSPS) is 21.1. The van der Waals surface area contributed by atoms with Gasteiger partial charge >= 0.3 is 0 Å². The number of hydrazine groups is 1. The lowest BCUT2D eigenvalue weighted by Crippen LogP contribution is -2.34. The molecule has 2 heterocycles. The van der Waals surface area contributed by atoms with E-state index in [0.717, 1.165) is 13.0 Å². The van der Waals surface area contributed by atoms with Gasteiger partial charge in [-0.2, -0.15) is 0 Å². The van der Waals surface area contributed by atoms with Gasteiger partial charge in [-0.25, -0.2) is 10.0 Å². The molecule has 23 heavy (non-hydrogen) atoms. The first kappa shape index (κ1) is 15.3. The number of anilines is 1. The molecule has 122 valence electrons. The Morgan fingerprint density at radius 3 is 2.65 bits per heavy atom. The van der Waals surface area contributed by atoms with E-state index in [4.69, 9.17) is 5.73 Å². The number of phenolic OH excluding ortho intramolecular Hbond substituents is 1. The number of aryl methyl sites for hydroxylation is 1. The number of phenols is 1. The van der Waals surface area contributed by atoms with E-state index in [1.165, 1.54) is 6.07 Å². The highest BCUT2D eigenvalue weighted by molar-refractivity contribution is 6.69. The first-order valence-corrected chi connectivity index (χ1v) is 7.73. The number of nitrogens with two attached hydrogens (primary N) is 1. The van der Waals surface area contributed by atoms with Crippen LogP contribution in [0.1, 0.15) is 25.8 Å². The first-order chi connectivity index (χ1) is 10.9. The van der Waals surface area contributed by atoms with Gasteiger partial charge in [-0.3, -0.25) is 14.8 Å². The third-order valence-corrected chi connectivity index (χ3v) is 3.88. The second-order valence-electron chi connectivity index (χ2n) is 6.11. The summed E-state index contributed by atoms with van der Waals surface area (Å²) in [5.74, 6) is 0.573. The minimum absolute atomic E-state index is 0.0578. The number of carbonyl (C=O) groups is 1. The molecular weight excluding hydrogens is 294 g/mol. The predicted octanol–water partition coefficient (Wildman–Crippen LogP) is 1.63. The maximum Gasteiger partial charge on any atom is 0.294 e. The zero-order chi connectivity index (χ0) is 16.7. The number of aromatic hydroxyl groups is 1. The van der Waals surface area contributed by atoms with E-state index in [-0.39, 0.29) is 17.7 Å². The summed E-state index contributed by atoms with van der Waals surface area (Å²) in [6, 6.07) is 3.19. The molecule has 2 fully saturated rings. The van der Waals surface area contributed by atoms with Crippen LogP contribution in [0.3, 0.4) is 0 Å². The predicted molar refractivity (Wildman–Crippen MR) is 90.0 cm³/mol. The van der Waals surface area contributed by atoms with Gasteiger partial charge in [-0.15, -0.1) is 0 Å². The number of rotatable bonds is 2. The molecule has 0 spiro atoms. The first-order valence-electron chi connectivity index (χ1n) is 7.73. The minimum atomic E-state index is -0.146. The lowest BCUT2D eigenvalue weighted by molar-refractivity contribution is -0.129. The molecule has 7 nitrogen and oxygen atoms in total. The van der Waals surface area contributed by atoms with E-state index < -0.39 is 0 Å². The highest BCUT2D eigenvalue weighted by atomic mass is 16.3. The summed E-state index contributed by atoms with van der Waals surface area (Å²) in [7, 11) is 0. The molecule has 0 unspecified atom stereocenters. The number of fused-ring (bicyclic) bond motifs is 1. The molecule has 1 aromatic rings. The highest BCUT2D eigenvalue weighted by Crippen LogP contribution is 2.31. The fourth-order valence-electron chi connectivity index (χ4n) is 2.77. The number of nitrogens with zero attached hydrogens (tertiary/aromatic N) is 4. The molecular formula is C16H21N5O2. The summed E-state index contributed by atoms with van der Waals surface area (Å²) in [4.78, 5) is 21.7. The van der Waals surface area contributed by atoms with Crippen molar-refractivity contribution in [3.8, 4) is 5.75 Å². The van der Waals surface area contributed by atoms with Crippen LogP contribution >= 0.6 is 0 Å². The molecule has 7 heteroatoms. The molecule has 3 N–H and O–H groups in total. The van der Waals surface area contributed by atoms with E-state index in [9.17, 15) is 9.90 Å². The van der Waals surface area contributed by atoms with E-state index in [0.29, 0.717) is 35.0 Å². The monoisotopic (exact) mass is 315 g/mol. The Morgan fingerprint density at radius 2 is 1.96 bits per heavy atom. The second kappa shape index (κ2) is 5.57. The quantitative estimate of drug-likeness (QED) is 0.811. The lowest BCUT2D eigenvalue weighted by Gasteiger charge is -2.19. The number of hydrogen-bond acceptors (Lipinski definition) is 5. The van der Waals surface area contributed by atoms with E-state index in [2.05, 4.69) is 9.98 Å². The average molecular weight is 315 g/mol. The number of aliphatic imine (C=N–C) groups is 2. The van der Waals surface area contributed by atoms with Crippen molar-refractivity contribution >= 4 is 28.8 Å². The smallest absolute Gasteiger partial charge is 0.294 e. The Morgan fingerprint density at radius 1 is 1.26 bits per heavy atom. The van der Waals surface area contributed by atoms with Crippen LogP contribution in [0.4, 0.5) is 11.4 Å². The number of carbonyl (C=O) groups excluding carboxylic acids is 1. The largest absolute Gasteiger partial charge is 0.508 e. The maximum atomic E-state index is 12.6. The van der Waals surface area contributed by atoms with Crippen molar-refractivity contribution in [2.75, 3.05) is 18.8 Å². The molecule has 2 aliphatic rings. The Labute approximate surface area is 135 Å². The third-order valence-electron chi connectivity index (χ3n) is 3.88. The highest BCUT2D eigenvalue weighted by Gasteiger charge is 2.43. The number of nitrogen functional groups attached to an aromatic ring is 1. The van der Waals surface area contributed by atoms with Crippen molar-refractivity contribution in [3.63, 3.8) is 0 Å². The van der Waals surface area contributed by atoms with E-state index >= 15 is 0 Å². The molecule has 0 aliphatic carbocycles. The average Bonchev–Trinajstić information content (AvgIpc) is 3.03. The molecule has 1 amide bonds. The minimum Gasteiger partial charge on any atom is -0.508 e. The van der Waals surface area contributed by atoms with Gasteiger partial charge in [0.05, 0.1) is 11.4 Å². The fraction of sp³-hybridized carbons (Fsp3) is 0.438. The standard InChI is InChI=1S/C16H21N5O2/c1-9(2)18-15-14(16(23)21-6-4-5-20(15)21)19-12-7-10(3)13(22)8-11(12)17/h7-9,22H,4-6,17H2,1-3H3. The van der Waals surface area contributed by atoms with Gasteiger partial charge < -0.3 is 10.8 Å². The molecule has 1 aromatic carbocycles. The molecule has 0 radical (unpaired) electrons. The van der Waals surface area contributed by atoms with Gasteiger partial charge in [0.15, 0.2) is 11.5 Å². The van der Waals surface area contributed by atoms with Crippen molar-refractivity contribution < 1.29 is 9.90 Å². The summed E-state index contributed by atoms with van der Waals surface area (Å²) in [6.45, 7) is 7.14. The van der Waals surface area contributed by atoms with Gasteiger partial charge in [0.25, 0.3) is 5.91 Å². The van der Waals surface area contributed by atoms with Gasteiger partial charge in [0, 0.05) is 25.2 Å². The number of amides is 1. The van der Waals surface area contributed by atoms with Gasteiger partial charge in [0.2, 0.25) is 0 Å². The van der Waals surface area contributed by atoms with Crippen LogP contribution in [-0.4, -0.2) is 51.7 Å². The summed E-state index contributed by atoms with van der Waals surface area (Å²) in [5, 5.41) is 13.3. The molecule has 0 bridgehead atoms. The summed E-state index contributed by atoms with van der Waals surface area (Å²) in [6.07, 6.45) is 0.927. The molecule has 2 saturated heterocycles. The summed E-state index contributed by atoms with van der Waals surface area (Å²) < 4.78 is 0. The number of amidine groups is 1. The topological polar surface area (TPSA) is 94.5 Å². The second-order valence-corrected chi connectivity index (χ2v) is 6.11. The molecule has 0 saturated carbocycles. The third kappa shape index (κ3) is 2.62. The Bertz CT molecular complexity index is 723. The van der Waals surface area contributed by atoms with Crippen LogP contribution in [0.2, 0.25) is 0 Å². The number of benzene rings is 1. The van der Waals surface area contributed by atoms with Crippen LogP contribution in [0.5, 0.6) is 5.75 Å². The SMILES string of the molecule is Cc1cc(N=C2C(=O)N3CCCN3C2=NC(C)C)c(N)cc1O. The lowest BCUT2D eigenvalue weighted by atomic mass is 10.1. The van der Waals surface area contributed by atoms with Crippen LogP contribution in [0, 0.1) is 6.92 Å². The molecule has 0 atom stereocenters. The van der Waals surface area contributed by atoms with Crippen LogP contribution in [0.15, 0.2) is 22.1 Å². The summed E-state index contributed by atoms with van der Waals surface area (Å²) in [5.41, 5.74) is 7.71. The van der Waals surface area contributed by atoms with Crippen molar-refractivity contribution in [1.82, 2.24) is 10.0 Å². The van der Waals surface area contributed by atoms with E-state index in [1.54, 1.807) is 18.0 Å². The molecule has 0 aromatic heterocycles. The van der Waals surface area contributed by atoms with Crippen LogP contribution in [-0.2, 0) is 4.79 Å². The zero-order valence-corrected chi connectivity index (χ0v) is 13.6. The van der Waals surface area contributed by atoms with Crippen molar-refractivity contribution in [3.05, 3.63) is 17.7 Å². The molecule has 2 aliphatic heterocycles.